The summed E-state index contributed by atoms with van der Waals surface area (Å²) in [6.45, 7) is 0. The van der Waals surface area contributed by atoms with Gasteiger partial charge in [-0.3, -0.25) is 4.79 Å². The summed E-state index contributed by atoms with van der Waals surface area (Å²) in [7, 11) is 0. The summed E-state index contributed by atoms with van der Waals surface area (Å²) in [5.41, 5.74) is 2.28. The van der Waals surface area contributed by atoms with E-state index in [1.54, 1.807) is 18.2 Å². The van der Waals surface area contributed by atoms with E-state index in [4.69, 9.17) is 0 Å². The average Bonchev–Trinajstić information content (AvgIpc) is 2.44. The average molecular weight is 237 g/mol. The number of fused-ring (bicyclic) bond motifs is 1. The number of aliphatic hydroxyl groups excluding tert-OH is 1. The van der Waals surface area contributed by atoms with E-state index in [1.165, 1.54) is 0 Å². The van der Waals surface area contributed by atoms with Crippen LogP contribution in [0.1, 0.15) is 15.9 Å². The molecule has 88 valence electrons. The molecular formula is C15H11NO2. The highest BCUT2D eigenvalue weighted by Crippen LogP contribution is 2.27. The van der Waals surface area contributed by atoms with Crippen LogP contribution in [-0.2, 0) is 0 Å². The molecule has 1 heterocycles. The predicted octanol–water partition coefficient (Wildman–Crippen LogP) is 2.36. The first-order valence-electron chi connectivity index (χ1n) is 5.72. The van der Waals surface area contributed by atoms with E-state index in [0.717, 1.165) is 5.56 Å². The van der Waals surface area contributed by atoms with Crippen LogP contribution >= 0.6 is 0 Å². The van der Waals surface area contributed by atoms with Gasteiger partial charge in [-0.2, -0.15) is 0 Å². The lowest BCUT2D eigenvalue weighted by atomic mass is 9.94. The molecule has 3 nitrogen and oxygen atoms in total. The van der Waals surface area contributed by atoms with Gasteiger partial charge in [0.25, 0.3) is 0 Å². The van der Waals surface area contributed by atoms with E-state index < -0.39 is 6.10 Å². The van der Waals surface area contributed by atoms with E-state index in [1.807, 2.05) is 36.4 Å². The molecule has 3 rings (SSSR count). The standard InChI is InChI=1S/C15H11NO2/c17-14-11-8-4-5-9-12(11)16-13(15(14)18)10-6-2-1-3-7-10/h1-9,15,18H. The molecule has 1 N–H and O–H groups in total. The van der Waals surface area contributed by atoms with Crippen LogP contribution in [0.25, 0.3) is 0 Å². The summed E-state index contributed by atoms with van der Waals surface area (Å²) in [6.07, 6.45) is -1.18. The summed E-state index contributed by atoms with van der Waals surface area (Å²) in [4.78, 5) is 16.5. The second kappa shape index (κ2) is 4.20. The number of aliphatic hydroxyl groups is 1. The Kier molecular flexibility index (Phi) is 2.54. The number of hydrogen-bond donors (Lipinski definition) is 1. The minimum absolute atomic E-state index is 0.292. The van der Waals surface area contributed by atoms with Crippen LogP contribution in [-0.4, -0.2) is 22.7 Å². The Morgan fingerprint density at radius 3 is 2.39 bits per heavy atom. The second-order valence-electron chi connectivity index (χ2n) is 4.15. The third kappa shape index (κ3) is 1.65. The number of rotatable bonds is 1. The van der Waals surface area contributed by atoms with Crippen molar-refractivity contribution in [3.8, 4) is 0 Å². The monoisotopic (exact) mass is 237 g/mol. The van der Waals surface area contributed by atoms with Gasteiger partial charge in [0.2, 0.25) is 0 Å². The number of carbonyl (C=O) groups is 1. The third-order valence-electron chi connectivity index (χ3n) is 2.99. The van der Waals surface area contributed by atoms with E-state index in [2.05, 4.69) is 4.99 Å². The largest absolute Gasteiger partial charge is 0.378 e. The van der Waals surface area contributed by atoms with Gasteiger partial charge in [0.1, 0.15) is 0 Å². The molecule has 3 heteroatoms. The van der Waals surface area contributed by atoms with Crippen molar-refractivity contribution in [3.63, 3.8) is 0 Å². The zero-order valence-electron chi connectivity index (χ0n) is 9.58. The first-order valence-corrected chi connectivity index (χ1v) is 5.72. The fourth-order valence-electron chi connectivity index (χ4n) is 2.07. The minimum atomic E-state index is -1.18. The van der Waals surface area contributed by atoms with Gasteiger partial charge < -0.3 is 5.11 Å². The first-order chi connectivity index (χ1) is 8.77. The summed E-state index contributed by atoms with van der Waals surface area (Å²) in [5.74, 6) is -0.292. The van der Waals surface area contributed by atoms with Crippen LogP contribution in [0.2, 0.25) is 0 Å². The van der Waals surface area contributed by atoms with Crippen LogP contribution in [0.15, 0.2) is 59.6 Å². The number of ketones is 1. The number of nitrogens with zero attached hydrogens (tertiary/aromatic N) is 1. The number of benzene rings is 2. The smallest absolute Gasteiger partial charge is 0.199 e. The van der Waals surface area contributed by atoms with Crippen LogP contribution < -0.4 is 0 Å². The zero-order chi connectivity index (χ0) is 12.5. The summed E-state index contributed by atoms with van der Waals surface area (Å²) in [6, 6.07) is 16.3. The number of hydrogen-bond acceptors (Lipinski definition) is 3. The molecule has 1 unspecified atom stereocenters. The quantitative estimate of drug-likeness (QED) is 0.827. The summed E-state index contributed by atoms with van der Waals surface area (Å²) >= 11 is 0. The number of Topliss-reactive ketones (excluding diaryl/α,β-unsaturated/α-hetero) is 1. The second-order valence-corrected chi connectivity index (χ2v) is 4.15. The Hall–Kier alpha value is -2.26. The van der Waals surface area contributed by atoms with Crippen molar-refractivity contribution in [3.05, 3.63) is 65.7 Å². The van der Waals surface area contributed by atoms with E-state index in [-0.39, 0.29) is 5.78 Å². The molecule has 1 atom stereocenters. The first kappa shape index (κ1) is 10.9. The van der Waals surface area contributed by atoms with Crippen LogP contribution in [0, 0.1) is 0 Å². The highest BCUT2D eigenvalue weighted by molar-refractivity contribution is 6.25. The maximum atomic E-state index is 12.1. The van der Waals surface area contributed by atoms with Gasteiger partial charge in [-0.1, -0.05) is 42.5 Å². The van der Waals surface area contributed by atoms with Crippen molar-refractivity contribution in [2.45, 2.75) is 6.10 Å². The lowest BCUT2D eigenvalue weighted by molar-refractivity contribution is 0.0842. The topological polar surface area (TPSA) is 49.7 Å². The Morgan fingerprint density at radius 1 is 0.944 bits per heavy atom. The lowest BCUT2D eigenvalue weighted by Crippen LogP contribution is -2.33. The fourth-order valence-corrected chi connectivity index (χ4v) is 2.07. The molecule has 0 aliphatic carbocycles. The molecule has 0 aromatic heterocycles. The van der Waals surface area contributed by atoms with Crippen molar-refractivity contribution in [2.24, 2.45) is 4.99 Å². The Bertz CT molecular complexity index is 632. The molecule has 0 fully saturated rings. The Labute approximate surface area is 104 Å². The minimum Gasteiger partial charge on any atom is -0.378 e. The maximum absolute atomic E-state index is 12.1. The molecule has 2 aromatic carbocycles. The SMILES string of the molecule is O=C1c2ccccc2N=C(c2ccccc2)C1O. The molecule has 0 saturated heterocycles. The van der Waals surface area contributed by atoms with Crippen molar-refractivity contribution in [1.82, 2.24) is 0 Å². The van der Waals surface area contributed by atoms with Crippen LogP contribution in [0.4, 0.5) is 5.69 Å². The molecular weight excluding hydrogens is 226 g/mol. The van der Waals surface area contributed by atoms with Gasteiger partial charge in [0, 0.05) is 5.56 Å². The predicted molar refractivity (Wildman–Crippen MR) is 69.4 cm³/mol. The third-order valence-corrected chi connectivity index (χ3v) is 2.99. The normalized spacial score (nSPS) is 18.2. The van der Waals surface area contributed by atoms with Crippen molar-refractivity contribution >= 4 is 17.2 Å². The van der Waals surface area contributed by atoms with Crippen molar-refractivity contribution < 1.29 is 9.90 Å². The summed E-state index contributed by atoms with van der Waals surface area (Å²) in [5, 5.41) is 10.1. The van der Waals surface area contributed by atoms with Gasteiger partial charge in [0.05, 0.1) is 11.4 Å². The van der Waals surface area contributed by atoms with E-state index >= 15 is 0 Å². The molecule has 0 saturated carbocycles. The van der Waals surface area contributed by atoms with Gasteiger partial charge in [-0.15, -0.1) is 0 Å². The van der Waals surface area contributed by atoms with Crippen LogP contribution in [0.5, 0.6) is 0 Å². The highest BCUT2D eigenvalue weighted by atomic mass is 16.3. The lowest BCUT2D eigenvalue weighted by Gasteiger charge is -2.19. The Balaban J connectivity index is 2.17. The highest BCUT2D eigenvalue weighted by Gasteiger charge is 2.29. The number of carbonyl (C=O) groups excluding carboxylic acids is 1. The fraction of sp³-hybridized carbons (Fsp3) is 0.0667. The molecule has 0 radical (unpaired) electrons. The Morgan fingerprint density at radius 2 is 1.61 bits per heavy atom. The molecule has 2 aromatic rings. The van der Waals surface area contributed by atoms with Gasteiger partial charge >= 0.3 is 0 Å². The molecule has 18 heavy (non-hydrogen) atoms. The molecule has 0 bridgehead atoms. The van der Waals surface area contributed by atoms with Gasteiger partial charge in [-0.25, -0.2) is 4.99 Å². The van der Waals surface area contributed by atoms with Gasteiger partial charge in [0.15, 0.2) is 11.9 Å². The van der Waals surface area contributed by atoms with E-state index in [9.17, 15) is 9.90 Å². The molecule has 1 aliphatic rings. The zero-order valence-corrected chi connectivity index (χ0v) is 9.58. The molecule has 0 spiro atoms. The number of aliphatic imine (C=N–C) groups is 1. The number of para-hydroxylation sites is 1. The summed E-state index contributed by atoms with van der Waals surface area (Å²) < 4.78 is 0. The maximum Gasteiger partial charge on any atom is 0.199 e. The van der Waals surface area contributed by atoms with Gasteiger partial charge in [-0.05, 0) is 17.7 Å². The van der Waals surface area contributed by atoms with Crippen molar-refractivity contribution in [1.29, 1.82) is 0 Å². The van der Waals surface area contributed by atoms with Crippen molar-refractivity contribution in [2.75, 3.05) is 0 Å². The molecule has 1 aliphatic heterocycles. The van der Waals surface area contributed by atoms with Crippen LogP contribution in [0.3, 0.4) is 0 Å². The van der Waals surface area contributed by atoms with E-state index in [0.29, 0.717) is 17.0 Å². The molecule has 0 amide bonds.